The Morgan fingerprint density at radius 3 is 3.00 bits per heavy atom. The number of hydrogen-bond donors (Lipinski definition) is 2. The number of likely N-dealkylation sites (N-methyl/N-ethyl adjacent to an activating group) is 1. The van der Waals surface area contributed by atoms with E-state index in [9.17, 15) is 0 Å². The van der Waals surface area contributed by atoms with E-state index in [1.807, 2.05) is 19.2 Å². The normalized spacial score (nSPS) is 19.2. The van der Waals surface area contributed by atoms with Crippen molar-refractivity contribution in [3.8, 4) is 11.5 Å². The SMILES string of the molecule is CNCCc1cccc(OC2CCCNC2)c1OC. The average molecular weight is 264 g/mol. The highest BCUT2D eigenvalue weighted by Gasteiger charge is 2.17. The maximum absolute atomic E-state index is 6.09. The molecular weight excluding hydrogens is 240 g/mol. The molecule has 1 saturated heterocycles. The first kappa shape index (κ1) is 14.2. The van der Waals surface area contributed by atoms with Gasteiger partial charge in [0, 0.05) is 6.54 Å². The van der Waals surface area contributed by atoms with Crippen molar-refractivity contribution >= 4 is 0 Å². The molecule has 1 aliphatic heterocycles. The van der Waals surface area contributed by atoms with Gasteiger partial charge in [0.2, 0.25) is 0 Å². The Morgan fingerprint density at radius 2 is 2.32 bits per heavy atom. The number of piperidine rings is 1. The van der Waals surface area contributed by atoms with Gasteiger partial charge < -0.3 is 20.1 Å². The molecule has 2 N–H and O–H groups in total. The van der Waals surface area contributed by atoms with Crippen molar-refractivity contribution in [1.82, 2.24) is 10.6 Å². The third kappa shape index (κ3) is 3.85. The zero-order chi connectivity index (χ0) is 13.5. The molecule has 4 heteroatoms. The first-order chi connectivity index (χ1) is 9.35. The van der Waals surface area contributed by atoms with Crippen LogP contribution in [0.4, 0.5) is 0 Å². The van der Waals surface area contributed by atoms with Gasteiger partial charge in [0.1, 0.15) is 6.10 Å². The molecule has 1 aromatic carbocycles. The number of para-hydroxylation sites is 1. The van der Waals surface area contributed by atoms with Gasteiger partial charge in [-0.15, -0.1) is 0 Å². The molecular formula is C15H24N2O2. The summed E-state index contributed by atoms with van der Waals surface area (Å²) >= 11 is 0. The van der Waals surface area contributed by atoms with Crippen LogP contribution in [0.2, 0.25) is 0 Å². The van der Waals surface area contributed by atoms with Crippen molar-refractivity contribution in [3.63, 3.8) is 0 Å². The van der Waals surface area contributed by atoms with Crippen LogP contribution in [-0.4, -0.2) is 39.9 Å². The molecule has 0 amide bonds. The van der Waals surface area contributed by atoms with Gasteiger partial charge in [0.05, 0.1) is 7.11 Å². The summed E-state index contributed by atoms with van der Waals surface area (Å²) in [6.07, 6.45) is 3.48. The van der Waals surface area contributed by atoms with Crippen molar-refractivity contribution in [2.75, 3.05) is 33.8 Å². The molecule has 1 atom stereocenters. The van der Waals surface area contributed by atoms with Gasteiger partial charge in [0.15, 0.2) is 11.5 Å². The third-order valence-corrected chi connectivity index (χ3v) is 3.45. The highest BCUT2D eigenvalue weighted by Crippen LogP contribution is 2.32. The zero-order valence-corrected chi connectivity index (χ0v) is 11.9. The molecule has 0 saturated carbocycles. The second-order valence-electron chi connectivity index (χ2n) is 4.89. The van der Waals surface area contributed by atoms with E-state index in [4.69, 9.17) is 9.47 Å². The molecule has 2 rings (SSSR count). The summed E-state index contributed by atoms with van der Waals surface area (Å²) in [4.78, 5) is 0. The monoisotopic (exact) mass is 264 g/mol. The Bertz CT molecular complexity index is 390. The van der Waals surface area contributed by atoms with E-state index < -0.39 is 0 Å². The average Bonchev–Trinajstić information content (AvgIpc) is 2.46. The molecule has 1 fully saturated rings. The fraction of sp³-hybridized carbons (Fsp3) is 0.600. The summed E-state index contributed by atoms with van der Waals surface area (Å²) in [7, 11) is 3.67. The smallest absolute Gasteiger partial charge is 0.163 e. The Morgan fingerprint density at radius 1 is 1.42 bits per heavy atom. The summed E-state index contributed by atoms with van der Waals surface area (Å²) in [5.41, 5.74) is 1.19. The van der Waals surface area contributed by atoms with Crippen LogP contribution in [-0.2, 0) is 6.42 Å². The predicted molar refractivity (Wildman–Crippen MR) is 77.1 cm³/mol. The molecule has 4 nitrogen and oxygen atoms in total. The van der Waals surface area contributed by atoms with E-state index in [-0.39, 0.29) is 6.10 Å². The van der Waals surface area contributed by atoms with Crippen molar-refractivity contribution < 1.29 is 9.47 Å². The lowest BCUT2D eigenvalue weighted by atomic mass is 10.1. The molecule has 0 aromatic heterocycles. The first-order valence-electron chi connectivity index (χ1n) is 7.03. The summed E-state index contributed by atoms with van der Waals surface area (Å²) in [6.45, 7) is 2.95. The highest BCUT2D eigenvalue weighted by atomic mass is 16.5. The van der Waals surface area contributed by atoms with E-state index >= 15 is 0 Å². The number of benzene rings is 1. The maximum atomic E-state index is 6.09. The molecule has 1 aromatic rings. The molecule has 106 valence electrons. The molecule has 1 aliphatic rings. The van der Waals surface area contributed by atoms with Crippen LogP contribution >= 0.6 is 0 Å². The number of nitrogens with one attached hydrogen (secondary N) is 2. The lowest BCUT2D eigenvalue weighted by molar-refractivity contribution is 0.161. The Hall–Kier alpha value is -1.26. The lowest BCUT2D eigenvalue weighted by Crippen LogP contribution is -2.37. The van der Waals surface area contributed by atoms with Crippen LogP contribution in [0.15, 0.2) is 18.2 Å². The Balaban J connectivity index is 2.09. The van der Waals surface area contributed by atoms with E-state index in [1.165, 1.54) is 12.0 Å². The molecule has 0 bridgehead atoms. The number of hydrogen-bond acceptors (Lipinski definition) is 4. The minimum absolute atomic E-state index is 0.252. The maximum Gasteiger partial charge on any atom is 0.163 e. The third-order valence-electron chi connectivity index (χ3n) is 3.45. The van der Waals surface area contributed by atoms with Gasteiger partial charge in [-0.05, 0) is 51.0 Å². The quantitative estimate of drug-likeness (QED) is 0.819. The largest absolute Gasteiger partial charge is 0.493 e. The van der Waals surface area contributed by atoms with Gasteiger partial charge in [0.25, 0.3) is 0 Å². The van der Waals surface area contributed by atoms with Crippen molar-refractivity contribution in [1.29, 1.82) is 0 Å². The van der Waals surface area contributed by atoms with Crippen LogP contribution in [0.5, 0.6) is 11.5 Å². The molecule has 1 unspecified atom stereocenters. The lowest BCUT2D eigenvalue weighted by Gasteiger charge is -2.25. The first-order valence-corrected chi connectivity index (χ1v) is 7.03. The van der Waals surface area contributed by atoms with Crippen LogP contribution in [0, 0.1) is 0 Å². The Labute approximate surface area is 115 Å². The van der Waals surface area contributed by atoms with Crippen LogP contribution < -0.4 is 20.1 Å². The number of rotatable bonds is 6. The van der Waals surface area contributed by atoms with Crippen molar-refractivity contribution in [2.24, 2.45) is 0 Å². The van der Waals surface area contributed by atoms with Gasteiger partial charge in [-0.2, -0.15) is 0 Å². The minimum Gasteiger partial charge on any atom is -0.493 e. The van der Waals surface area contributed by atoms with Crippen LogP contribution in [0.25, 0.3) is 0 Å². The van der Waals surface area contributed by atoms with Crippen molar-refractivity contribution in [3.05, 3.63) is 23.8 Å². The minimum atomic E-state index is 0.252. The second kappa shape index (κ2) is 7.36. The Kier molecular flexibility index (Phi) is 5.48. The molecule has 19 heavy (non-hydrogen) atoms. The molecule has 0 aliphatic carbocycles. The fourth-order valence-corrected chi connectivity index (χ4v) is 2.44. The predicted octanol–water partition coefficient (Wildman–Crippen LogP) is 1.59. The molecule has 0 radical (unpaired) electrons. The summed E-state index contributed by atoms with van der Waals surface area (Å²) in [5, 5.41) is 6.53. The van der Waals surface area contributed by atoms with Gasteiger partial charge >= 0.3 is 0 Å². The number of ether oxygens (including phenoxy) is 2. The molecule has 1 heterocycles. The highest BCUT2D eigenvalue weighted by molar-refractivity contribution is 5.47. The van der Waals surface area contributed by atoms with Crippen molar-refractivity contribution in [2.45, 2.75) is 25.4 Å². The summed E-state index contributed by atoms with van der Waals surface area (Å²) < 4.78 is 11.6. The standard InChI is InChI=1S/C15H24N2O2/c1-16-10-8-12-5-3-7-14(15(12)18-2)19-13-6-4-9-17-11-13/h3,5,7,13,16-17H,4,6,8-11H2,1-2H3. The summed E-state index contributed by atoms with van der Waals surface area (Å²) in [6, 6.07) is 6.14. The topological polar surface area (TPSA) is 42.5 Å². The van der Waals surface area contributed by atoms with Gasteiger partial charge in [-0.1, -0.05) is 12.1 Å². The van der Waals surface area contributed by atoms with E-state index in [2.05, 4.69) is 16.7 Å². The van der Waals surface area contributed by atoms with E-state index in [1.54, 1.807) is 7.11 Å². The van der Waals surface area contributed by atoms with Crippen LogP contribution in [0.3, 0.4) is 0 Å². The fourth-order valence-electron chi connectivity index (χ4n) is 2.44. The molecule has 0 spiro atoms. The van der Waals surface area contributed by atoms with Crippen LogP contribution in [0.1, 0.15) is 18.4 Å². The van der Waals surface area contributed by atoms with Gasteiger partial charge in [-0.25, -0.2) is 0 Å². The zero-order valence-electron chi connectivity index (χ0n) is 11.9. The second-order valence-corrected chi connectivity index (χ2v) is 4.89. The van der Waals surface area contributed by atoms with E-state index in [0.29, 0.717) is 0 Å². The van der Waals surface area contributed by atoms with E-state index in [0.717, 1.165) is 44.0 Å². The van der Waals surface area contributed by atoms with Gasteiger partial charge in [-0.3, -0.25) is 0 Å². The summed E-state index contributed by atoms with van der Waals surface area (Å²) in [5.74, 6) is 1.74. The number of methoxy groups -OCH3 is 1.